The van der Waals surface area contributed by atoms with E-state index in [0.717, 1.165) is 5.69 Å². The van der Waals surface area contributed by atoms with Crippen molar-refractivity contribution in [3.63, 3.8) is 0 Å². The Morgan fingerprint density at radius 2 is 1.69 bits per heavy atom. The average molecular weight is 354 g/mol. The van der Waals surface area contributed by atoms with Gasteiger partial charge in [0.15, 0.2) is 0 Å². The molecule has 2 aromatic rings. The monoisotopic (exact) mass is 354 g/mol. The summed E-state index contributed by atoms with van der Waals surface area (Å²) in [5.74, 6) is -0.662. The van der Waals surface area contributed by atoms with E-state index in [4.69, 9.17) is 0 Å². The molecule has 0 radical (unpaired) electrons. The Morgan fingerprint density at radius 1 is 1.04 bits per heavy atom. The number of aromatic nitrogens is 1. The second kappa shape index (κ2) is 8.44. The van der Waals surface area contributed by atoms with E-state index >= 15 is 0 Å². The summed E-state index contributed by atoms with van der Waals surface area (Å²) in [5, 5.41) is 12.2. The van der Waals surface area contributed by atoms with Gasteiger partial charge in [0.1, 0.15) is 6.04 Å². The summed E-state index contributed by atoms with van der Waals surface area (Å²) in [6.45, 7) is 2.09. The zero-order valence-electron chi connectivity index (χ0n) is 14.4. The van der Waals surface area contributed by atoms with Crippen LogP contribution in [-0.2, 0) is 4.79 Å². The van der Waals surface area contributed by atoms with E-state index in [9.17, 15) is 14.7 Å². The van der Waals surface area contributed by atoms with E-state index in [1.165, 1.54) is 12.4 Å². The lowest BCUT2D eigenvalue weighted by Gasteiger charge is -2.37. The van der Waals surface area contributed by atoms with Crippen LogP contribution in [0, 0.1) is 0 Å². The summed E-state index contributed by atoms with van der Waals surface area (Å²) >= 11 is 0. The number of amides is 2. The summed E-state index contributed by atoms with van der Waals surface area (Å²) in [6.07, 6.45) is 3.01. The Bertz CT molecular complexity index is 731. The van der Waals surface area contributed by atoms with Gasteiger partial charge in [-0.2, -0.15) is 0 Å². The molecule has 2 amide bonds. The van der Waals surface area contributed by atoms with Crippen molar-refractivity contribution in [2.24, 2.45) is 0 Å². The van der Waals surface area contributed by atoms with Gasteiger partial charge in [-0.05, 0) is 24.3 Å². The fourth-order valence-corrected chi connectivity index (χ4v) is 2.97. The van der Waals surface area contributed by atoms with Crippen molar-refractivity contribution >= 4 is 17.5 Å². The van der Waals surface area contributed by atoms with Crippen LogP contribution in [0.5, 0.6) is 0 Å². The molecule has 1 aliphatic rings. The lowest BCUT2D eigenvalue weighted by Crippen LogP contribution is -2.56. The molecule has 3 rings (SSSR count). The molecule has 7 heteroatoms. The minimum Gasteiger partial charge on any atom is -0.394 e. The number of piperazine rings is 1. The fourth-order valence-electron chi connectivity index (χ4n) is 2.97. The third-order valence-electron chi connectivity index (χ3n) is 4.44. The summed E-state index contributed by atoms with van der Waals surface area (Å²) in [6, 6.07) is 12.2. The molecule has 1 aromatic heterocycles. The van der Waals surface area contributed by atoms with Gasteiger partial charge in [-0.1, -0.05) is 18.2 Å². The maximum atomic E-state index is 12.7. The first-order valence-corrected chi connectivity index (χ1v) is 8.59. The second-order valence-electron chi connectivity index (χ2n) is 6.09. The number of para-hydroxylation sites is 1. The first-order valence-electron chi connectivity index (χ1n) is 8.59. The standard InChI is InChI=1S/C19H22N4O3/c24-14-17(21-18(25)15-6-8-20-9-7-15)19(26)23-12-10-22(11-13-23)16-4-2-1-3-5-16/h1-9,17,24H,10-14H2,(H,21,25)/t17-/m0/s1. The molecular weight excluding hydrogens is 332 g/mol. The van der Waals surface area contributed by atoms with E-state index in [-0.39, 0.29) is 5.91 Å². The summed E-state index contributed by atoms with van der Waals surface area (Å²) in [5.41, 5.74) is 1.53. The molecule has 2 N–H and O–H groups in total. The quantitative estimate of drug-likeness (QED) is 0.818. The molecule has 1 aromatic carbocycles. The number of carbonyl (C=O) groups excluding carboxylic acids is 2. The van der Waals surface area contributed by atoms with Crippen molar-refractivity contribution in [3.8, 4) is 0 Å². The number of carbonyl (C=O) groups is 2. The van der Waals surface area contributed by atoms with Crippen molar-refractivity contribution in [3.05, 3.63) is 60.4 Å². The number of rotatable bonds is 5. The van der Waals surface area contributed by atoms with Gasteiger partial charge in [-0.25, -0.2) is 0 Å². The van der Waals surface area contributed by atoms with Crippen LogP contribution in [0.1, 0.15) is 10.4 Å². The van der Waals surface area contributed by atoms with Gasteiger partial charge in [-0.3, -0.25) is 14.6 Å². The van der Waals surface area contributed by atoms with Crippen LogP contribution in [0.4, 0.5) is 5.69 Å². The molecule has 26 heavy (non-hydrogen) atoms. The van der Waals surface area contributed by atoms with Gasteiger partial charge in [0, 0.05) is 49.8 Å². The first kappa shape index (κ1) is 17.9. The van der Waals surface area contributed by atoms with Crippen LogP contribution < -0.4 is 10.2 Å². The van der Waals surface area contributed by atoms with Crippen molar-refractivity contribution in [1.82, 2.24) is 15.2 Å². The van der Waals surface area contributed by atoms with Gasteiger partial charge in [0.05, 0.1) is 6.61 Å². The van der Waals surface area contributed by atoms with E-state index < -0.39 is 18.6 Å². The molecule has 0 unspecified atom stereocenters. The Morgan fingerprint density at radius 3 is 2.31 bits per heavy atom. The number of hydrogen-bond acceptors (Lipinski definition) is 5. The second-order valence-corrected chi connectivity index (χ2v) is 6.09. The zero-order valence-corrected chi connectivity index (χ0v) is 14.4. The van der Waals surface area contributed by atoms with Gasteiger partial charge < -0.3 is 20.2 Å². The highest BCUT2D eigenvalue weighted by Crippen LogP contribution is 2.16. The van der Waals surface area contributed by atoms with E-state index in [0.29, 0.717) is 31.7 Å². The van der Waals surface area contributed by atoms with Crippen LogP contribution in [0.25, 0.3) is 0 Å². The van der Waals surface area contributed by atoms with Gasteiger partial charge in [-0.15, -0.1) is 0 Å². The molecule has 1 fully saturated rings. The SMILES string of the molecule is O=C(N[C@@H](CO)C(=O)N1CCN(c2ccccc2)CC1)c1ccncc1. The molecule has 0 aliphatic carbocycles. The smallest absolute Gasteiger partial charge is 0.252 e. The van der Waals surface area contributed by atoms with Crippen LogP contribution in [0.15, 0.2) is 54.9 Å². The van der Waals surface area contributed by atoms with Crippen molar-refractivity contribution < 1.29 is 14.7 Å². The number of hydrogen-bond donors (Lipinski definition) is 2. The highest BCUT2D eigenvalue weighted by Gasteiger charge is 2.28. The fraction of sp³-hybridized carbons (Fsp3) is 0.316. The zero-order chi connectivity index (χ0) is 18.4. The lowest BCUT2D eigenvalue weighted by atomic mass is 10.2. The Kier molecular flexibility index (Phi) is 5.80. The van der Waals surface area contributed by atoms with Gasteiger partial charge in [0.25, 0.3) is 5.91 Å². The Hall–Kier alpha value is -2.93. The van der Waals surface area contributed by atoms with Crippen molar-refractivity contribution in [2.45, 2.75) is 6.04 Å². The summed E-state index contributed by atoms with van der Waals surface area (Å²) in [4.78, 5) is 32.6. The topological polar surface area (TPSA) is 85.8 Å². The minimum absolute atomic E-state index is 0.261. The molecule has 0 spiro atoms. The Labute approximate surface area is 152 Å². The number of aliphatic hydroxyl groups is 1. The number of benzene rings is 1. The highest BCUT2D eigenvalue weighted by molar-refractivity contribution is 5.97. The number of anilines is 1. The number of aliphatic hydroxyl groups excluding tert-OH is 1. The van der Waals surface area contributed by atoms with Crippen LogP contribution in [0.2, 0.25) is 0 Å². The van der Waals surface area contributed by atoms with Gasteiger partial charge >= 0.3 is 0 Å². The summed E-state index contributed by atoms with van der Waals surface area (Å²) in [7, 11) is 0. The predicted octanol–water partition coefficient (Wildman–Crippen LogP) is 0.521. The van der Waals surface area contributed by atoms with Crippen molar-refractivity contribution in [1.29, 1.82) is 0 Å². The first-order chi connectivity index (χ1) is 12.7. The van der Waals surface area contributed by atoms with Crippen molar-refractivity contribution in [2.75, 3.05) is 37.7 Å². The lowest BCUT2D eigenvalue weighted by molar-refractivity contribution is -0.134. The Balaban J connectivity index is 1.57. The summed E-state index contributed by atoms with van der Waals surface area (Å²) < 4.78 is 0. The maximum Gasteiger partial charge on any atom is 0.252 e. The highest BCUT2D eigenvalue weighted by atomic mass is 16.3. The molecule has 7 nitrogen and oxygen atoms in total. The molecule has 136 valence electrons. The van der Waals surface area contributed by atoms with E-state index in [2.05, 4.69) is 15.2 Å². The third kappa shape index (κ3) is 4.18. The average Bonchev–Trinajstić information content (AvgIpc) is 2.72. The molecule has 0 saturated carbocycles. The van der Waals surface area contributed by atoms with Crippen LogP contribution in [0.3, 0.4) is 0 Å². The largest absolute Gasteiger partial charge is 0.394 e. The van der Waals surface area contributed by atoms with Crippen LogP contribution in [-0.4, -0.2) is 65.6 Å². The predicted molar refractivity (Wildman–Crippen MR) is 97.8 cm³/mol. The third-order valence-corrected chi connectivity index (χ3v) is 4.44. The number of pyridine rings is 1. The van der Waals surface area contributed by atoms with E-state index in [1.54, 1.807) is 17.0 Å². The molecule has 1 aliphatic heterocycles. The molecule has 1 saturated heterocycles. The van der Waals surface area contributed by atoms with E-state index in [1.807, 2.05) is 30.3 Å². The molecule has 1 atom stereocenters. The van der Waals surface area contributed by atoms with Crippen LogP contribution >= 0.6 is 0 Å². The number of nitrogens with one attached hydrogen (secondary N) is 1. The van der Waals surface area contributed by atoms with Gasteiger partial charge in [0.2, 0.25) is 5.91 Å². The molecule has 0 bridgehead atoms. The normalized spacial score (nSPS) is 15.4. The number of nitrogens with zero attached hydrogens (tertiary/aromatic N) is 3. The maximum absolute atomic E-state index is 12.7. The minimum atomic E-state index is -0.945. The molecular formula is C19H22N4O3. The molecule has 2 heterocycles.